The second kappa shape index (κ2) is 10.0. The number of non-ortho nitro benzene ring substituents is 1. The Hall–Kier alpha value is -2.71. The summed E-state index contributed by atoms with van der Waals surface area (Å²) >= 11 is 1.51. The van der Waals surface area contributed by atoms with Crippen LogP contribution in [0.25, 0.3) is 0 Å². The van der Waals surface area contributed by atoms with Gasteiger partial charge in [-0.25, -0.2) is 4.98 Å². The molecule has 3 aromatic rings. The standard InChI is InChI=1S/C19H20N4O2S.CH5N/c1-13(2)18-19(26-17-9-6-8-16(11-17)23(24)25)22(14(3)21-18)12-15-7-4-5-10-20-15;1-2/h4-11,13H,12H2,1-3H3;2H2,1H3. The van der Waals surface area contributed by atoms with E-state index in [1.807, 2.05) is 31.2 Å². The molecule has 148 valence electrons. The molecule has 8 heteroatoms. The minimum absolute atomic E-state index is 0.0913. The fourth-order valence-electron chi connectivity index (χ4n) is 2.66. The largest absolute Gasteiger partial charge is 0.333 e. The van der Waals surface area contributed by atoms with Crippen molar-refractivity contribution < 1.29 is 4.92 Å². The van der Waals surface area contributed by atoms with Crippen LogP contribution in [0, 0.1) is 17.0 Å². The minimum atomic E-state index is -0.371. The first kappa shape index (κ1) is 21.6. The van der Waals surface area contributed by atoms with Gasteiger partial charge in [0, 0.05) is 23.2 Å². The molecule has 2 N–H and O–H groups in total. The summed E-state index contributed by atoms with van der Waals surface area (Å²) in [5.74, 6) is 1.16. The van der Waals surface area contributed by atoms with Gasteiger partial charge in [0.1, 0.15) is 10.9 Å². The number of nitro benzene ring substituents is 1. The highest BCUT2D eigenvalue weighted by atomic mass is 32.2. The summed E-state index contributed by atoms with van der Waals surface area (Å²) in [6, 6.07) is 12.5. The number of pyridine rings is 1. The average molecular weight is 400 g/mol. The zero-order valence-electron chi connectivity index (χ0n) is 16.5. The van der Waals surface area contributed by atoms with E-state index in [1.165, 1.54) is 24.9 Å². The van der Waals surface area contributed by atoms with Gasteiger partial charge in [-0.1, -0.05) is 37.7 Å². The second-order valence-electron chi connectivity index (χ2n) is 6.27. The zero-order valence-corrected chi connectivity index (χ0v) is 17.3. The van der Waals surface area contributed by atoms with E-state index in [1.54, 1.807) is 18.3 Å². The molecule has 0 aliphatic carbocycles. The molecule has 0 radical (unpaired) electrons. The quantitative estimate of drug-likeness (QED) is 0.487. The smallest absolute Gasteiger partial charge is 0.270 e. The SMILES string of the molecule is CN.Cc1nc(C(C)C)c(Sc2cccc([N+](=O)[O-])c2)n1Cc1ccccn1. The van der Waals surface area contributed by atoms with Crippen LogP contribution in [0.3, 0.4) is 0 Å². The summed E-state index contributed by atoms with van der Waals surface area (Å²) in [4.78, 5) is 20.7. The van der Waals surface area contributed by atoms with Crippen LogP contribution in [0.2, 0.25) is 0 Å². The first-order chi connectivity index (χ1) is 13.5. The van der Waals surface area contributed by atoms with Gasteiger partial charge in [0.2, 0.25) is 0 Å². The molecule has 0 bridgehead atoms. The van der Waals surface area contributed by atoms with Crippen molar-refractivity contribution in [1.29, 1.82) is 0 Å². The average Bonchev–Trinajstić information content (AvgIpc) is 3.00. The summed E-state index contributed by atoms with van der Waals surface area (Å²) < 4.78 is 2.13. The van der Waals surface area contributed by atoms with Crippen LogP contribution in [0.1, 0.15) is 37.0 Å². The van der Waals surface area contributed by atoms with Crippen molar-refractivity contribution in [1.82, 2.24) is 14.5 Å². The molecule has 0 unspecified atom stereocenters. The van der Waals surface area contributed by atoms with E-state index in [4.69, 9.17) is 4.98 Å². The van der Waals surface area contributed by atoms with Crippen molar-refractivity contribution in [2.75, 3.05) is 7.05 Å². The molecule has 2 heterocycles. The van der Waals surface area contributed by atoms with Crippen molar-refractivity contribution >= 4 is 17.4 Å². The van der Waals surface area contributed by atoms with Gasteiger partial charge in [0.25, 0.3) is 5.69 Å². The highest BCUT2D eigenvalue weighted by Crippen LogP contribution is 2.36. The van der Waals surface area contributed by atoms with Gasteiger partial charge in [-0.15, -0.1) is 0 Å². The monoisotopic (exact) mass is 399 g/mol. The molecule has 1 aromatic carbocycles. The van der Waals surface area contributed by atoms with Gasteiger partial charge in [-0.3, -0.25) is 15.1 Å². The van der Waals surface area contributed by atoms with E-state index in [0.717, 1.165) is 27.1 Å². The Morgan fingerprint density at radius 3 is 2.57 bits per heavy atom. The summed E-state index contributed by atoms with van der Waals surface area (Å²) in [6.07, 6.45) is 1.78. The van der Waals surface area contributed by atoms with Crippen LogP contribution >= 0.6 is 11.8 Å². The Kier molecular flexibility index (Phi) is 7.71. The Morgan fingerprint density at radius 1 is 1.21 bits per heavy atom. The number of hydrogen-bond donors (Lipinski definition) is 1. The van der Waals surface area contributed by atoms with Crippen molar-refractivity contribution in [2.45, 2.75) is 43.2 Å². The molecule has 0 spiro atoms. The Labute approximate surface area is 169 Å². The molecule has 0 amide bonds. The number of rotatable bonds is 6. The van der Waals surface area contributed by atoms with Crippen LogP contribution < -0.4 is 5.73 Å². The highest BCUT2D eigenvalue weighted by molar-refractivity contribution is 7.99. The summed E-state index contributed by atoms with van der Waals surface area (Å²) in [6.45, 7) is 6.80. The van der Waals surface area contributed by atoms with E-state index in [2.05, 4.69) is 29.1 Å². The van der Waals surface area contributed by atoms with Gasteiger partial charge < -0.3 is 10.3 Å². The molecule has 2 aromatic heterocycles. The zero-order chi connectivity index (χ0) is 20.7. The molecular formula is C20H25N5O2S. The molecular weight excluding hydrogens is 374 g/mol. The molecule has 0 saturated carbocycles. The Bertz CT molecular complexity index is 926. The number of benzene rings is 1. The van der Waals surface area contributed by atoms with E-state index in [-0.39, 0.29) is 16.5 Å². The van der Waals surface area contributed by atoms with Gasteiger partial charge in [-0.2, -0.15) is 0 Å². The summed E-state index contributed by atoms with van der Waals surface area (Å²) in [5, 5.41) is 12.1. The van der Waals surface area contributed by atoms with Crippen molar-refractivity contribution in [2.24, 2.45) is 5.73 Å². The number of aromatic nitrogens is 3. The molecule has 3 rings (SSSR count). The lowest BCUT2D eigenvalue weighted by Crippen LogP contribution is -2.05. The lowest BCUT2D eigenvalue weighted by atomic mass is 10.1. The molecule has 0 atom stereocenters. The van der Waals surface area contributed by atoms with E-state index < -0.39 is 0 Å². The van der Waals surface area contributed by atoms with Crippen molar-refractivity contribution in [3.05, 3.63) is 76.0 Å². The fraction of sp³-hybridized carbons (Fsp3) is 0.300. The van der Waals surface area contributed by atoms with E-state index in [9.17, 15) is 10.1 Å². The van der Waals surface area contributed by atoms with Crippen LogP contribution in [-0.2, 0) is 6.54 Å². The molecule has 0 aliphatic rings. The molecule has 0 aliphatic heterocycles. The first-order valence-corrected chi connectivity index (χ1v) is 9.74. The number of imidazole rings is 1. The normalized spacial score (nSPS) is 10.5. The van der Waals surface area contributed by atoms with E-state index >= 15 is 0 Å². The predicted molar refractivity (Wildman–Crippen MR) is 112 cm³/mol. The van der Waals surface area contributed by atoms with Crippen LogP contribution in [0.5, 0.6) is 0 Å². The molecule has 0 fully saturated rings. The molecule has 28 heavy (non-hydrogen) atoms. The number of nitrogens with zero attached hydrogens (tertiary/aromatic N) is 4. The molecule has 0 saturated heterocycles. The maximum absolute atomic E-state index is 11.1. The maximum Gasteiger partial charge on any atom is 0.270 e. The third kappa shape index (κ3) is 5.17. The number of nitrogens with two attached hydrogens (primary N) is 1. The Balaban J connectivity index is 0.00000136. The maximum atomic E-state index is 11.1. The van der Waals surface area contributed by atoms with Crippen LogP contribution in [-0.4, -0.2) is 26.5 Å². The van der Waals surface area contributed by atoms with Gasteiger partial charge in [-0.05, 0) is 38.1 Å². The van der Waals surface area contributed by atoms with Crippen LogP contribution in [0.4, 0.5) is 5.69 Å². The fourth-order valence-corrected chi connectivity index (χ4v) is 3.91. The Morgan fingerprint density at radius 2 is 1.96 bits per heavy atom. The minimum Gasteiger partial charge on any atom is -0.333 e. The second-order valence-corrected chi connectivity index (χ2v) is 7.33. The van der Waals surface area contributed by atoms with Gasteiger partial charge in [0.05, 0.1) is 22.9 Å². The number of aryl methyl sites for hydroxylation is 1. The lowest BCUT2D eigenvalue weighted by molar-refractivity contribution is -0.385. The lowest BCUT2D eigenvalue weighted by Gasteiger charge is -2.12. The van der Waals surface area contributed by atoms with Gasteiger partial charge >= 0.3 is 0 Å². The first-order valence-electron chi connectivity index (χ1n) is 8.92. The molecule has 7 nitrogen and oxygen atoms in total. The predicted octanol–water partition coefficient (Wildman–Crippen LogP) is 4.39. The van der Waals surface area contributed by atoms with Crippen molar-refractivity contribution in [3.63, 3.8) is 0 Å². The van der Waals surface area contributed by atoms with Gasteiger partial charge in [0.15, 0.2) is 0 Å². The number of hydrogen-bond acceptors (Lipinski definition) is 6. The third-order valence-corrected chi connectivity index (χ3v) is 5.09. The van der Waals surface area contributed by atoms with Crippen LogP contribution in [0.15, 0.2) is 58.6 Å². The third-order valence-electron chi connectivity index (χ3n) is 3.97. The highest BCUT2D eigenvalue weighted by Gasteiger charge is 2.19. The number of nitro groups is 1. The van der Waals surface area contributed by atoms with Crippen molar-refractivity contribution in [3.8, 4) is 0 Å². The summed E-state index contributed by atoms with van der Waals surface area (Å²) in [5.41, 5.74) is 6.53. The van der Waals surface area contributed by atoms with E-state index in [0.29, 0.717) is 6.54 Å². The summed E-state index contributed by atoms with van der Waals surface area (Å²) in [7, 11) is 1.50. The topological polar surface area (TPSA) is 99.9 Å².